The van der Waals surface area contributed by atoms with Gasteiger partial charge in [0.25, 0.3) is 26.1 Å². The number of nitrogens with zero attached hydrogens (tertiary/aromatic N) is 4. The van der Waals surface area contributed by atoms with E-state index in [9.17, 15) is 45.4 Å². The molecule has 21 heteroatoms. The van der Waals surface area contributed by atoms with Crippen molar-refractivity contribution < 1.29 is 49.8 Å². The van der Waals surface area contributed by atoms with Crippen LogP contribution >= 0.6 is 0 Å². The molecule has 262 valence electrons. The van der Waals surface area contributed by atoms with E-state index in [1.54, 1.807) is 12.1 Å². The van der Waals surface area contributed by atoms with Crippen LogP contribution in [-0.2, 0) is 31.6 Å². The van der Waals surface area contributed by atoms with Crippen LogP contribution in [0.1, 0.15) is 32.8 Å². The molecule has 1 aliphatic carbocycles. The highest BCUT2D eigenvalue weighted by atomic mass is 32.2. The molecule has 2 aromatic carbocycles. The highest BCUT2D eigenvalue weighted by molar-refractivity contribution is 7.86. The number of azide groups is 1. The van der Waals surface area contributed by atoms with Crippen molar-refractivity contribution in [2.24, 2.45) is 5.11 Å². The largest absolute Gasteiger partial charge is 0.478 e. The Kier molecular flexibility index (Phi) is 9.76. The van der Waals surface area contributed by atoms with E-state index in [0.717, 1.165) is 36.4 Å². The number of nitrogens with one attached hydrogen (secondary N) is 3. The molecule has 2 amide bonds. The van der Waals surface area contributed by atoms with Crippen molar-refractivity contribution in [3.63, 3.8) is 0 Å². The van der Waals surface area contributed by atoms with Crippen molar-refractivity contribution in [3.8, 4) is 22.5 Å². The highest BCUT2D eigenvalue weighted by Gasteiger charge is 2.32. The molecule has 0 saturated heterocycles. The summed E-state index contributed by atoms with van der Waals surface area (Å²) in [5.74, 6) is -3.56. The molecule has 1 aromatic heterocycles. The van der Waals surface area contributed by atoms with E-state index in [0.29, 0.717) is 11.4 Å². The minimum atomic E-state index is -5.23. The number of carbonyl (C=O) groups excluding carboxylic acids is 2. The van der Waals surface area contributed by atoms with E-state index >= 15 is 0 Å². The summed E-state index contributed by atoms with van der Waals surface area (Å²) in [7, 11) is -10.4. The van der Waals surface area contributed by atoms with Crippen LogP contribution in [0.25, 0.3) is 43.9 Å². The molecular weight excluding hydrogens is 713 g/mol. The predicted molar refractivity (Wildman–Crippen MR) is 178 cm³/mol. The smallest absolute Gasteiger partial charge is 0.336 e. The second kappa shape index (κ2) is 13.9. The monoisotopic (exact) mass is 736 g/mol. The molecule has 2 heterocycles. The number of aromatic carboxylic acids is 1. The third-order valence-electron chi connectivity index (χ3n) is 7.34. The van der Waals surface area contributed by atoms with E-state index in [1.165, 1.54) is 12.3 Å². The van der Waals surface area contributed by atoms with E-state index in [-0.39, 0.29) is 47.2 Å². The fourth-order valence-electron chi connectivity index (χ4n) is 5.19. The molecule has 0 bridgehead atoms. The maximum Gasteiger partial charge on any atom is 0.336 e. The van der Waals surface area contributed by atoms with E-state index in [4.69, 9.17) is 21.1 Å². The molecule has 0 radical (unpaired) electrons. The van der Waals surface area contributed by atoms with E-state index in [2.05, 4.69) is 25.6 Å². The van der Waals surface area contributed by atoms with Crippen molar-refractivity contribution in [3.05, 3.63) is 93.4 Å². The average Bonchev–Trinajstić information content (AvgIpc) is 3.05. The van der Waals surface area contributed by atoms with Gasteiger partial charge in [-0.15, -0.1) is 0 Å². The Balaban J connectivity index is 1.57. The standard InChI is InChI=1S/C30H24N8O11S2/c31-21-7-5-18-24(19-6-8-22(32)28(51(46,47)48)26(19)49-25(18)27(21)50(43,44)45)20-11-14(1-4-17(20)30(41)42)29(40)34-10-9-23(39)37-16-3-2-15(35-12-16)13-36-38-33/h1-8,11-12,31H,9-10,13,32H2,(H,34,40)(H,37,39)(H,41,42)(H,43,44,45)(H,46,47,48). The lowest BCUT2D eigenvalue weighted by Crippen LogP contribution is -2.27. The second-order valence-corrected chi connectivity index (χ2v) is 13.4. The van der Waals surface area contributed by atoms with Crippen molar-refractivity contribution in [2.75, 3.05) is 17.6 Å². The summed E-state index contributed by atoms with van der Waals surface area (Å²) in [6, 6.07) is 10.8. The Bertz CT molecular complexity index is 2570. The van der Waals surface area contributed by atoms with Gasteiger partial charge in [0.05, 0.1) is 35.0 Å². The second-order valence-electron chi connectivity index (χ2n) is 10.7. The maximum absolute atomic E-state index is 13.2. The lowest BCUT2D eigenvalue weighted by molar-refractivity contribution is -0.116. The summed E-state index contributed by atoms with van der Waals surface area (Å²) in [5, 5.41) is 25.8. The van der Waals surface area contributed by atoms with Crippen molar-refractivity contribution >= 4 is 60.4 Å². The summed E-state index contributed by atoms with van der Waals surface area (Å²) in [5.41, 5.74) is 12.5. The minimum Gasteiger partial charge on any atom is -0.478 e. The van der Waals surface area contributed by atoms with E-state index < -0.39 is 75.8 Å². The zero-order valence-corrected chi connectivity index (χ0v) is 27.3. The van der Waals surface area contributed by atoms with Crippen LogP contribution in [0.2, 0.25) is 0 Å². The zero-order valence-electron chi connectivity index (χ0n) is 25.7. The minimum absolute atomic E-state index is 0.0237. The number of hydrogen-bond donors (Lipinski definition) is 7. The Morgan fingerprint density at radius 1 is 0.980 bits per heavy atom. The van der Waals surface area contributed by atoms with E-state index in [1.807, 2.05) is 0 Å². The number of fused-ring (bicyclic) bond motifs is 2. The fourth-order valence-corrected chi connectivity index (χ4v) is 6.67. The summed E-state index contributed by atoms with van der Waals surface area (Å²) < 4.78 is 75.3. The molecular formula is C30H24N8O11S2. The molecule has 2 aliphatic rings. The Hall–Kier alpha value is -6.38. The van der Waals surface area contributed by atoms with Crippen LogP contribution in [0.3, 0.4) is 0 Å². The van der Waals surface area contributed by atoms with Gasteiger partial charge in [0.1, 0.15) is 0 Å². The number of carbonyl (C=O) groups is 3. The van der Waals surface area contributed by atoms with Crippen molar-refractivity contribution in [2.45, 2.75) is 22.8 Å². The van der Waals surface area contributed by atoms with Crippen LogP contribution in [0.15, 0.2) is 80.1 Å². The molecule has 0 unspecified atom stereocenters. The molecule has 3 aromatic rings. The van der Waals surface area contributed by atoms with Gasteiger partial charge < -0.3 is 25.9 Å². The number of rotatable bonds is 11. The van der Waals surface area contributed by atoms with Crippen LogP contribution in [-0.4, -0.2) is 60.4 Å². The number of aromatic nitrogens is 1. The lowest BCUT2D eigenvalue weighted by Gasteiger charge is -2.20. The van der Waals surface area contributed by atoms with Crippen LogP contribution in [0, 0.1) is 5.41 Å². The number of nitrogens with two attached hydrogens (primary N) is 1. The topological polar surface area (TPSA) is 329 Å². The van der Waals surface area contributed by atoms with Crippen LogP contribution in [0.4, 0.5) is 11.4 Å². The number of hydrogen-bond acceptors (Lipinski definition) is 12. The molecule has 1 aliphatic heterocycles. The lowest BCUT2D eigenvalue weighted by atomic mass is 9.89. The molecule has 0 atom stereocenters. The van der Waals surface area contributed by atoms with Crippen molar-refractivity contribution in [1.82, 2.24) is 10.3 Å². The number of benzene rings is 3. The van der Waals surface area contributed by atoms with Gasteiger partial charge in [-0.25, -0.2) is 4.79 Å². The average molecular weight is 737 g/mol. The van der Waals surface area contributed by atoms with Crippen molar-refractivity contribution in [1.29, 1.82) is 5.41 Å². The summed E-state index contributed by atoms with van der Waals surface area (Å²) in [6.45, 7) is -0.157. The number of carboxylic acid groups (broad SMARTS) is 1. The highest BCUT2D eigenvalue weighted by Crippen LogP contribution is 2.45. The number of anilines is 2. The SMILES string of the molecule is [N-]=[N+]=NCc1ccc(NC(=O)CCNC(=O)c2ccc(C(=O)O)c(-c3c4ccc(=N)c(S(=O)(=O)O)c-4oc4c(S(=O)(=O)O)c(N)ccc34)c2)cn1. The first-order valence-electron chi connectivity index (χ1n) is 14.2. The van der Waals surface area contributed by atoms with Gasteiger partial charge in [0, 0.05) is 45.6 Å². The molecule has 0 spiro atoms. The van der Waals surface area contributed by atoms with Gasteiger partial charge >= 0.3 is 5.97 Å². The summed E-state index contributed by atoms with van der Waals surface area (Å²) in [6.07, 6.45) is 1.15. The van der Waals surface area contributed by atoms with Gasteiger partial charge in [-0.05, 0) is 65.7 Å². The summed E-state index contributed by atoms with van der Waals surface area (Å²) >= 11 is 0. The first-order chi connectivity index (χ1) is 24.0. The zero-order chi connectivity index (χ0) is 37.2. The van der Waals surface area contributed by atoms with Gasteiger partial charge in [0.15, 0.2) is 21.1 Å². The van der Waals surface area contributed by atoms with Crippen LogP contribution < -0.4 is 21.7 Å². The van der Waals surface area contributed by atoms with Gasteiger partial charge in [-0.2, -0.15) is 16.8 Å². The normalized spacial score (nSPS) is 11.6. The van der Waals surface area contributed by atoms with Gasteiger partial charge in [0.2, 0.25) is 5.91 Å². The third-order valence-corrected chi connectivity index (χ3v) is 9.20. The number of pyridine rings is 1. The first kappa shape index (κ1) is 35.9. The van der Waals surface area contributed by atoms with Crippen LogP contribution in [0.5, 0.6) is 0 Å². The predicted octanol–water partition coefficient (Wildman–Crippen LogP) is 3.42. The third kappa shape index (κ3) is 7.46. The molecule has 0 fully saturated rings. The number of amides is 2. The maximum atomic E-state index is 13.2. The Labute approximate surface area is 286 Å². The Morgan fingerprint density at radius 2 is 1.71 bits per heavy atom. The van der Waals surface area contributed by atoms with Gasteiger partial charge in [-0.3, -0.25) is 29.1 Å². The molecule has 5 rings (SSSR count). The molecule has 0 saturated carbocycles. The fraction of sp³-hybridized carbons (Fsp3) is 0.100. The molecule has 8 N–H and O–H groups in total. The quantitative estimate of drug-likeness (QED) is 0.0255. The number of nitrogen functional groups attached to an aromatic ring is 1. The molecule has 51 heavy (non-hydrogen) atoms. The van der Waals surface area contributed by atoms with Gasteiger partial charge in [-0.1, -0.05) is 5.11 Å². The molecule has 19 nitrogen and oxygen atoms in total. The Morgan fingerprint density at radius 3 is 2.33 bits per heavy atom. The first-order valence-corrected chi connectivity index (χ1v) is 17.1. The number of carboxylic acids is 1. The summed E-state index contributed by atoms with van der Waals surface area (Å²) in [4.78, 5) is 42.7.